The van der Waals surface area contributed by atoms with Gasteiger partial charge in [0, 0.05) is 17.7 Å². The van der Waals surface area contributed by atoms with Crippen LogP contribution in [0.2, 0.25) is 0 Å². The van der Waals surface area contributed by atoms with Crippen LogP contribution in [0.4, 0.5) is 4.39 Å². The van der Waals surface area contributed by atoms with Gasteiger partial charge < -0.3 is 24.0 Å². The van der Waals surface area contributed by atoms with Gasteiger partial charge in [0.05, 0.1) is 5.39 Å². The van der Waals surface area contributed by atoms with Gasteiger partial charge in [-0.2, -0.15) is 0 Å². The Balaban J connectivity index is 0.00000161. The third-order valence-electron chi connectivity index (χ3n) is 3.42. The molecule has 1 aromatic heterocycles. The summed E-state index contributed by atoms with van der Waals surface area (Å²) < 4.78 is 15.7. The quantitative estimate of drug-likeness (QED) is 0.453. The molecule has 0 spiro atoms. The summed E-state index contributed by atoms with van der Waals surface area (Å²) in [5, 5.41) is 1.16. The lowest BCUT2D eigenvalue weighted by Gasteiger charge is -2.01. The van der Waals surface area contributed by atoms with E-state index < -0.39 is 0 Å². The van der Waals surface area contributed by atoms with Crippen molar-refractivity contribution in [3.05, 3.63) is 77.7 Å². The molecule has 106 valence electrons. The first-order valence-electron chi connectivity index (χ1n) is 6.56. The predicted octanol–water partition coefficient (Wildman–Crippen LogP) is 0.978. The topological polar surface area (TPSA) is 3.88 Å². The highest BCUT2D eigenvalue weighted by atomic mass is 127. The van der Waals surface area contributed by atoms with Crippen molar-refractivity contribution in [1.82, 2.24) is 0 Å². The molecule has 21 heavy (non-hydrogen) atoms. The Bertz CT molecular complexity index is 796. The van der Waals surface area contributed by atoms with Crippen LogP contribution in [0.5, 0.6) is 0 Å². The summed E-state index contributed by atoms with van der Waals surface area (Å²) in [6.07, 6.45) is 5.79. The number of para-hydroxylation sites is 1. The molecular formula is C18H15FIN. The minimum atomic E-state index is -0.199. The van der Waals surface area contributed by atoms with E-state index in [4.69, 9.17) is 0 Å². The molecule has 0 aliphatic rings. The molecule has 2 aromatic carbocycles. The van der Waals surface area contributed by atoms with Crippen LogP contribution in [-0.4, -0.2) is 0 Å². The van der Waals surface area contributed by atoms with Crippen molar-refractivity contribution < 1.29 is 32.9 Å². The van der Waals surface area contributed by atoms with Crippen molar-refractivity contribution in [3.63, 3.8) is 0 Å². The number of rotatable bonds is 2. The Kier molecular flexibility index (Phi) is 5.07. The van der Waals surface area contributed by atoms with Crippen LogP contribution < -0.4 is 28.5 Å². The summed E-state index contributed by atoms with van der Waals surface area (Å²) in [6.45, 7) is 0. The molecule has 3 heteroatoms. The molecule has 1 heterocycles. The van der Waals surface area contributed by atoms with E-state index in [1.54, 1.807) is 12.1 Å². The van der Waals surface area contributed by atoms with Gasteiger partial charge in [-0.05, 0) is 17.7 Å². The Hall–Kier alpha value is -1.75. The lowest BCUT2D eigenvalue weighted by Crippen LogP contribution is -3.00. The van der Waals surface area contributed by atoms with Gasteiger partial charge in [0.15, 0.2) is 6.20 Å². The Morgan fingerprint density at radius 1 is 0.857 bits per heavy atom. The highest BCUT2D eigenvalue weighted by molar-refractivity contribution is 5.88. The number of fused-ring (bicyclic) bond motifs is 1. The van der Waals surface area contributed by atoms with Crippen molar-refractivity contribution in [2.24, 2.45) is 7.05 Å². The summed E-state index contributed by atoms with van der Waals surface area (Å²) in [5.41, 5.74) is 2.84. The Morgan fingerprint density at radius 3 is 2.33 bits per heavy atom. The van der Waals surface area contributed by atoms with Crippen LogP contribution >= 0.6 is 0 Å². The molecule has 3 rings (SSSR count). The first kappa shape index (κ1) is 15.6. The number of benzene rings is 2. The molecule has 0 saturated heterocycles. The zero-order valence-corrected chi connectivity index (χ0v) is 13.8. The number of aryl methyl sites for hydroxylation is 1. The van der Waals surface area contributed by atoms with Crippen LogP contribution in [0.25, 0.3) is 23.1 Å². The molecule has 0 aliphatic carbocycles. The third kappa shape index (κ3) is 3.29. The molecule has 3 aromatic rings. The van der Waals surface area contributed by atoms with E-state index in [0.717, 1.165) is 16.5 Å². The van der Waals surface area contributed by atoms with E-state index in [-0.39, 0.29) is 29.8 Å². The van der Waals surface area contributed by atoms with Crippen molar-refractivity contribution in [3.8, 4) is 0 Å². The SMILES string of the molecule is C[n+]1ccc(C=Cc2ccccc2F)c2ccccc21.[I-]. The zero-order valence-electron chi connectivity index (χ0n) is 11.6. The second kappa shape index (κ2) is 6.80. The first-order valence-corrected chi connectivity index (χ1v) is 6.56. The lowest BCUT2D eigenvalue weighted by atomic mass is 10.1. The average molecular weight is 391 g/mol. The van der Waals surface area contributed by atoms with Gasteiger partial charge in [-0.15, -0.1) is 0 Å². The van der Waals surface area contributed by atoms with Crippen molar-refractivity contribution in [1.29, 1.82) is 0 Å². The van der Waals surface area contributed by atoms with Gasteiger partial charge >= 0.3 is 0 Å². The van der Waals surface area contributed by atoms with Gasteiger partial charge in [0.25, 0.3) is 0 Å². The van der Waals surface area contributed by atoms with Crippen LogP contribution in [0.1, 0.15) is 11.1 Å². The summed E-state index contributed by atoms with van der Waals surface area (Å²) in [6, 6.07) is 17.0. The fraction of sp³-hybridized carbons (Fsp3) is 0.0556. The molecule has 0 radical (unpaired) electrons. The number of nitrogens with zero attached hydrogens (tertiary/aromatic N) is 1. The Morgan fingerprint density at radius 2 is 1.52 bits per heavy atom. The number of hydrogen-bond donors (Lipinski definition) is 0. The van der Waals surface area contributed by atoms with Gasteiger partial charge in [-0.25, -0.2) is 8.96 Å². The summed E-state index contributed by atoms with van der Waals surface area (Å²) in [4.78, 5) is 0. The molecule has 0 amide bonds. The van der Waals surface area contributed by atoms with Crippen molar-refractivity contribution in [2.45, 2.75) is 0 Å². The van der Waals surface area contributed by atoms with Crippen LogP contribution in [0.3, 0.4) is 0 Å². The fourth-order valence-electron chi connectivity index (χ4n) is 2.32. The van der Waals surface area contributed by atoms with Crippen LogP contribution in [-0.2, 0) is 7.05 Å². The monoisotopic (exact) mass is 391 g/mol. The van der Waals surface area contributed by atoms with E-state index in [2.05, 4.69) is 16.7 Å². The number of hydrogen-bond acceptors (Lipinski definition) is 0. The molecule has 0 saturated carbocycles. The molecular weight excluding hydrogens is 376 g/mol. The molecule has 0 atom stereocenters. The zero-order chi connectivity index (χ0) is 13.9. The normalized spacial score (nSPS) is 10.8. The largest absolute Gasteiger partial charge is 1.00 e. The van der Waals surface area contributed by atoms with Crippen LogP contribution in [0, 0.1) is 5.82 Å². The molecule has 1 nitrogen and oxygen atoms in total. The number of halogens is 2. The minimum Gasteiger partial charge on any atom is -1.00 e. The van der Waals surface area contributed by atoms with Crippen molar-refractivity contribution in [2.75, 3.05) is 0 Å². The second-order valence-electron chi connectivity index (χ2n) is 4.75. The molecule has 0 bridgehead atoms. The maximum Gasteiger partial charge on any atom is 0.212 e. The van der Waals surface area contributed by atoms with E-state index >= 15 is 0 Å². The average Bonchev–Trinajstić information content (AvgIpc) is 2.48. The lowest BCUT2D eigenvalue weighted by molar-refractivity contribution is -0.644. The van der Waals surface area contributed by atoms with E-state index in [1.165, 1.54) is 6.07 Å². The predicted molar refractivity (Wildman–Crippen MR) is 80.5 cm³/mol. The standard InChI is InChI=1S/C18H15FN.HI/c1-20-13-12-14(16-7-3-5-9-18(16)20)10-11-15-6-2-4-8-17(15)19;/h2-13H,1H3;1H/q+1;/p-1. The maximum absolute atomic E-state index is 13.6. The number of pyridine rings is 1. The van der Waals surface area contributed by atoms with E-state index in [9.17, 15) is 4.39 Å². The smallest absolute Gasteiger partial charge is 0.212 e. The van der Waals surface area contributed by atoms with E-state index in [0.29, 0.717) is 5.56 Å². The summed E-state index contributed by atoms with van der Waals surface area (Å²) in [5.74, 6) is -0.199. The van der Waals surface area contributed by atoms with Crippen LogP contribution in [0.15, 0.2) is 60.8 Å². The van der Waals surface area contributed by atoms with Gasteiger partial charge in [-0.3, -0.25) is 0 Å². The molecule has 0 N–H and O–H groups in total. The molecule has 0 fully saturated rings. The van der Waals surface area contributed by atoms with E-state index in [1.807, 2.05) is 49.7 Å². The maximum atomic E-state index is 13.6. The number of aromatic nitrogens is 1. The Labute approximate surface area is 140 Å². The van der Waals surface area contributed by atoms with Gasteiger partial charge in [-0.1, -0.05) is 42.5 Å². The molecule has 0 aliphatic heterocycles. The second-order valence-corrected chi connectivity index (χ2v) is 4.75. The van der Waals surface area contributed by atoms with Gasteiger partial charge in [0.2, 0.25) is 5.52 Å². The molecule has 0 unspecified atom stereocenters. The van der Waals surface area contributed by atoms with Gasteiger partial charge in [0.1, 0.15) is 12.9 Å². The fourth-order valence-corrected chi connectivity index (χ4v) is 2.32. The summed E-state index contributed by atoms with van der Waals surface area (Å²) in [7, 11) is 2.02. The van der Waals surface area contributed by atoms with Crippen molar-refractivity contribution >= 4 is 23.1 Å². The highest BCUT2D eigenvalue weighted by Crippen LogP contribution is 2.18. The highest BCUT2D eigenvalue weighted by Gasteiger charge is 2.06. The minimum absolute atomic E-state index is 0. The first-order chi connectivity index (χ1) is 9.75. The summed E-state index contributed by atoms with van der Waals surface area (Å²) >= 11 is 0. The third-order valence-corrected chi connectivity index (χ3v) is 3.42.